The Morgan fingerprint density at radius 1 is 1.24 bits per heavy atom. The maximum absolute atomic E-state index is 12.9. The molecule has 0 N–H and O–H groups in total. The fourth-order valence-corrected chi connectivity index (χ4v) is 3.11. The van der Waals surface area contributed by atoms with Crippen LogP contribution in [0.25, 0.3) is 0 Å². The van der Waals surface area contributed by atoms with Crippen molar-refractivity contribution in [1.82, 2.24) is 9.80 Å². The first-order valence-electron chi connectivity index (χ1n) is 8.92. The van der Waals surface area contributed by atoms with Gasteiger partial charge in [-0.05, 0) is 44.4 Å². The van der Waals surface area contributed by atoms with Gasteiger partial charge in [0.15, 0.2) is 0 Å². The number of hydrogen-bond acceptors (Lipinski definition) is 4. The molecule has 6 nitrogen and oxygen atoms in total. The summed E-state index contributed by atoms with van der Waals surface area (Å²) in [4.78, 5) is 28.3. The second kappa shape index (κ2) is 9.30. The lowest BCUT2D eigenvalue weighted by Crippen LogP contribution is -2.46. The predicted molar refractivity (Wildman–Crippen MR) is 95.4 cm³/mol. The number of nitrogens with zero attached hydrogens (tertiary/aromatic N) is 2. The molecule has 6 heteroatoms. The van der Waals surface area contributed by atoms with Crippen molar-refractivity contribution >= 4 is 12.0 Å². The van der Waals surface area contributed by atoms with Crippen molar-refractivity contribution in [3.05, 3.63) is 29.8 Å². The number of piperidine rings is 1. The zero-order valence-corrected chi connectivity index (χ0v) is 15.4. The lowest BCUT2D eigenvalue weighted by molar-refractivity contribution is -0.137. The minimum atomic E-state index is -0.321. The van der Waals surface area contributed by atoms with Crippen molar-refractivity contribution in [3.8, 4) is 5.75 Å². The summed E-state index contributed by atoms with van der Waals surface area (Å²) in [7, 11) is 1.63. The molecular formula is C19H28N2O4. The van der Waals surface area contributed by atoms with E-state index in [4.69, 9.17) is 9.47 Å². The van der Waals surface area contributed by atoms with Crippen LogP contribution >= 0.6 is 0 Å². The van der Waals surface area contributed by atoms with E-state index in [1.807, 2.05) is 36.1 Å². The van der Waals surface area contributed by atoms with Gasteiger partial charge in [0.05, 0.1) is 19.6 Å². The quantitative estimate of drug-likeness (QED) is 0.793. The first-order valence-corrected chi connectivity index (χ1v) is 8.92. The highest BCUT2D eigenvalue weighted by Gasteiger charge is 2.31. The molecule has 1 atom stereocenters. The molecule has 1 saturated heterocycles. The number of methoxy groups -OCH3 is 1. The minimum absolute atomic E-state index is 0.104. The van der Waals surface area contributed by atoms with E-state index in [-0.39, 0.29) is 17.9 Å². The third kappa shape index (κ3) is 5.11. The fraction of sp³-hybridized carbons (Fsp3) is 0.579. The molecule has 1 aliphatic heterocycles. The predicted octanol–water partition coefficient (Wildman–Crippen LogP) is 2.91. The number of ether oxygens (including phenoxy) is 2. The van der Waals surface area contributed by atoms with Gasteiger partial charge in [-0.3, -0.25) is 4.79 Å². The highest BCUT2D eigenvalue weighted by molar-refractivity contribution is 5.80. The maximum atomic E-state index is 12.9. The molecule has 1 aromatic rings. The van der Waals surface area contributed by atoms with Gasteiger partial charge in [0.25, 0.3) is 0 Å². The topological polar surface area (TPSA) is 59.1 Å². The molecular weight excluding hydrogens is 320 g/mol. The van der Waals surface area contributed by atoms with E-state index in [1.54, 1.807) is 18.9 Å². The zero-order chi connectivity index (χ0) is 18.2. The van der Waals surface area contributed by atoms with Crippen LogP contribution in [-0.2, 0) is 16.1 Å². The van der Waals surface area contributed by atoms with Crippen LogP contribution in [-0.4, -0.2) is 55.2 Å². The molecule has 0 saturated carbocycles. The van der Waals surface area contributed by atoms with Gasteiger partial charge in [-0.2, -0.15) is 0 Å². The van der Waals surface area contributed by atoms with Crippen LogP contribution < -0.4 is 4.74 Å². The van der Waals surface area contributed by atoms with E-state index in [0.29, 0.717) is 32.8 Å². The van der Waals surface area contributed by atoms with E-state index >= 15 is 0 Å². The minimum Gasteiger partial charge on any atom is -0.497 e. The molecule has 0 aliphatic carbocycles. The summed E-state index contributed by atoms with van der Waals surface area (Å²) >= 11 is 0. The molecule has 0 radical (unpaired) electrons. The molecule has 0 spiro atoms. The first kappa shape index (κ1) is 19.1. The van der Waals surface area contributed by atoms with Gasteiger partial charge >= 0.3 is 6.09 Å². The van der Waals surface area contributed by atoms with Crippen LogP contribution in [0, 0.1) is 5.92 Å². The monoisotopic (exact) mass is 348 g/mol. The molecule has 0 bridgehead atoms. The van der Waals surface area contributed by atoms with Crippen molar-refractivity contribution in [2.24, 2.45) is 5.92 Å². The lowest BCUT2D eigenvalue weighted by Gasteiger charge is -2.34. The third-order valence-corrected chi connectivity index (χ3v) is 4.52. The van der Waals surface area contributed by atoms with Crippen LogP contribution in [0.1, 0.15) is 32.3 Å². The van der Waals surface area contributed by atoms with E-state index in [9.17, 15) is 9.59 Å². The van der Waals surface area contributed by atoms with Crippen molar-refractivity contribution < 1.29 is 19.1 Å². The summed E-state index contributed by atoms with van der Waals surface area (Å²) < 4.78 is 10.2. The van der Waals surface area contributed by atoms with Crippen molar-refractivity contribution in [1.29, 1.82) is 0 Å². The van der Waals surface area contributed by atoms with Crippen LogP contribution in [0.4, 0.5) is 4.79 Å². The van der Waals surface area contributed by atoms with Crippen molar-refractivity contribution in [2.45, 2.75) is 33.2 Å². The average Bonchev–Trinajstić information content (AvgIpc) is 2.66. The molecule has 25 heavy (non-hydrogen) atoms. The van der Waals surface area contributed by atoms with E-state index < -0.39 is 0 Å². The third-order valence-electron chi connectivity index (χ3n) is 4.52. The smallest absolute Gasteiger partial charge is 0.409 e. The summed E-state index contributed by atoms with van der Waals surface area (Å²) in [6.07, 6.45) is 1.32. The van der Waals surface area contributed by atoms with Crippen LogP contribution in [0.5, 0.6) is 5.75 Å². The summed E-state index contributed by atoms with van der Waals surface area (Å²) in [5, 5.41) is 0. The summed E-state index contributed by atoms with van der Waals surface area (Å²) in [6, 6.07) is 7.74. The SMILES string of the molecule is CCOC(=O)N1CCCC(C(=O)N(CC)Cc2ccc(OC)cc2)C1. The van der Waals surface area contributed by atoms with Gasteiger partial charge < -0.3 is 19.3 Å². The molecule has 0 aromatic heterocycles. The second-order valence-electron chi connectivity index (χ2n) is 6.18. The lowest BCUT2D eigenvalue weighted by atomic mass is 9.96. The highest BCUT2D eigenvalue weighted by atomic mass is 16.6. The molecule has 1 heterocycles. The Labute approximate surface area is 149 Å². The van der Waals surface area contributed by atoms with E-state index in [1.165, 1.54) is 0 Å². The Bertz CT molecular complexity index is 573. The number of benzene rings is 1. The molecule has 2 rings (SSSR count). The Balaban J connectivity index is 1.98. The summed E-state index contributed by atoms with van der Waals surface area (Å²) in [6.45, 7) is 6.43. The van der Waals surface area contributed by atoms with Gasteiger partial charge in [0.2, 0.25) is 5.91 Å². The normalized spacial score (nSPS) is 17.1. The number of carbonyl (C=O) groups is 2. The zero-order valence-electron chi connectivity index (χ0n) is 15.4. The largest absolute Gasteiger partial charge is 0.497 e. The Morgan fingerprint density at radius 3 is 2.56 bits per heavy atom. The second-order valence-corrected chi connectivity index (χ2v) is 6.18. The Morgan fingerprint density at radius 2 is 1.96 bits per heavy atom. The highest BCUT2D eigenvalue weighted by Crippen LogP contribution is 2.21. The number of rotatable bonds is 6. The van der Waals surface area contributed by atoms with Crippen molar-refractivity contribution in [2.75, 3.05) is 33.4 Å². The Kier molecular flexibility index (Phi) is 7.10. The number of likely N-dealkylation sites (tertiary alicyclic amines) is 1. The van der Waals surface area contributed by atoms with Gasteiger partial charge in [0, 0.05) is 26.2 Å². The molecule has 138 valence electrons. The fourth-order valence-electron chi connectivity index (χ4n) is 3.11. The molecule has 1 unspecified atom stereocenters. The molecule has 1 fully saturated rings. The average molecular weight is 348 g/mol. The standard InChI is InChI=1S/C19H28N2O4/c1-4-20(13-15-8-10-17(24-3)11-9-15)18(22)16-7-6-12-21(14-16)19(23)25-5-2/h8-11,16H,4-7,12-14H2,1-3H3. The number of amides is 2. The van der Waals surface area contributed by atoms with Gasteiger partial charge in [-0.25, -0.2) is 4.79 Å². The van der Waals surface area contributed by atoms with Gasteiger partial charge in [0.1, 0.15) is 5.75 Å². The van der Waals surface area contributed by atoms with Crippen LogP contribution in [0.15, 0.2) is 24.3 Å². The van der Waals surface area contributed by atoms with Gasteiger partial charge in [-0.15, -0.1) is 0 Å². The molecule has 1 aliphatic rings. The number of hydrogen-bond donors (Lipinski definition) is 0. The Hall–Kier alpha value is -2.24. The first-order chi connectivity index (χ1) is 12.1. The maximum Gasteiger partial charge on any atom is 0.409 e. The van der Waals surface area contributed by atoms with Gasteiger partial charge in [-0.1, -0.05) is 12.1 Å². The summed E-state index contributed by atoms with van der Waals surface area (Å²) in [5.41, 5.74) is 1.06. The molecule has 2 amide bonds. The molecule has 1 aromatic carbocycles. The van der Waals surface area contributed by atoms with Crippen LogP contribution in [0.2, 0.25) is 0 Å². The summed E-state index contributed by atoms with van der Waals surface area (Å²) in [5.74, 6) is 0.749. The van der Waals surface area contributed by atoms with E-state index in [0.717, 1.165) is 24.2 Å². The van der Waals surface area contributed by atoms with Crippen LogP contribution in [0.3, 0.4) is 0 Å². The number of carbonyl (C=O) groups excluding carboxylic acids is 2. The van der Waals surface area contributed by atoms with E-state index in [2.05, 4.69) is 0 Å². The van der Waals surface area contributed by atoms with Crippen molar-refractivity contribution in [3.63, 3.8) is 0 Å².